The maximum absolute atomic E-state index is 13.5. The molecule has 0 saturated carbocycles. The number of carbonyl (C=O) groups is 5. The number of carbonyl (C=O) groups excluding carboxylic acids is 4. The average molecular weight is 1930 g/mol. The summed E-state index contributed by atoms with van der Waals surface area (Å²) in [5.74, 6) is 1.24. The average Bonchev–Trinajstić information content (AvgIpc) is 1.58. The van der Waals surface area contributed by atoms with E-state index in [1.165, 1.54) is 68.1 Å². The van der Waals surface area contributed by atoms with Crippen molar-refractivity contribution in [3.8, 4) is 91.0 Å². The summed E-state index contributed by atoms with van der Waals surface area (Å²) in [4.78, 5) is 104. The zero-order chi connectivity index (χ0) is 98.8. The van der Waals surface area contributed by atoms with Gasteiger partial charge in [-0.1, -0.05) is 97.1 Å². The number of guanidine groups is 4. The minimum absolute atomic E-state index is 0.0659. The fourth-order valence-electron chi connectivity index (χ4n) is 14.8. The van der Waals surface area contributed by atoms with Crippen LogP contribution in [-0.4, -0.2) is 213 Å². The molecule has 12 aromatic rings. The van der Waals surface area contributed by atoms with Gasteiger partial charge in [0.15, 0.2) is 46.0 Å². The van der Waals surface area contributed by atoms with E-state index in [4.69, 9.17) is 68.5 Å². The number of ether oxygens (including phenoxy) is 4. The van der Waals surface area contributed by atoms with Crippen LogP contribution in [0.3, 0.4) is 0 Å². The number of amides is 4. The van der Waals surface area contributed by atoms with Crippen LogP contribution >= 0.6 is 0 Å². The molecule has 4 atom stereocenters. The summed E-state index contributed by atoms with van der Waals surface area (Å²) in [7, 11) is -2.22. The van der Waals surface area contributed by atoms with E-state index in [-0.39, 0.29) is 70.5 Å². The molecular weight excluding hydrogens is 1830 g/mol. The van der Waals surface area contributed by atoms with Crippen molar-refractivity contribution in [2.24, 2.45) is 42.9 Å². The number of methoxy groups -OCH3 is 4. The standard InChI is InChI=1S/4C23H22N4O5S.C2H4O2/c4*1-27-21(28)23(26-22(27)24,16-7-9-18(10-8-16)32-33(3,29)30)17-11-12-25-20(14-17)15-5-4-6-19(13-15)31-2;1-2(3)4/h4*4-14H,1-3H3,(H2,24,26);1H3,(H,3,4). The van der Waals surface area contributed by atoms with Gasteiger partial charge in [-0.25, -0.2) is 20.0 Å². The van der Waals surface area contributed by atoms with Gasteiger partial charge in [-0.3, -0.25) is 63.5 Å². The summed E-state index contributed by atoms with van der Waals surface area (Å²) in [5.41, 5.74) is 28.3. The van der Waals surface area contributed by atoms with Gasteiger partial charge in [-0.15, -0.1) is 0 Å². The molecular formula is C94H92N16O22S4. The number of rotatable bonds is 24. The number of carboxylic acid groups (broad SMARTS) is 1. The highest BCUT2D eigenvalue weighted by Crippen LogP contribution is 2.47. The molecule has 4 aromatic heterocycles. The van der Waals surface area contributed by atoms with Crippen LogP contribution < -0.4 is 58.6 Å². The van der Waals surface area contributed by atoms with E-state index >= 15 is 0 Å². The zero-order valence-electron chi connectivity index (χ0n) is 75.2. The molecule has 4 aliphatic heterocycles. The first-order valence-electron chi connectivity index (χ1n) is 40.5. The first-order valence-corrected chi connectivity index (χ1v) is 47.7. The topological polar surface area (TPSA) is 534 Å². The van der Waals surface area contributed by atoms with Crippen molar-refractivity contribution in [3.63, 3.8) is 0 Å². The Morgan fingerprint density at radius 3 is 0.610 bits per heavy atom. The highest BCUT2D eigenvalue weighted by molar-refractivity contribution is 7.87. The second-order valence-corrected chi connectivity index (χ2v) is 36.9. The molecule has 0 saturated heterocycles. The van der Waals surface area contributed by atoms with Crippen molar-refractivity contribution < 1.29 is 98.4 Å². The third-order valence-electron chi connectivity index (χ3n) is 21.2. The van der Waals surface area contributed by atoms with E-state index in [1.807, 2.05) is 97.1 Å². The lowest BCUT2D eigenvalue weighted by Crippen LogP contribution is -2.41. The summed E-state index contributed by atoms with van der Waals surface area (Å²) >= 11 is 0. The first kappa shape index (κ1) is 98.8. The Balaban J connectivity index is 0.000000161. The summed E-state index contributed by atoms with van der Waals surface area (Å²) in [5, 5.41) is 7.42. The van der Waals surface area contributed by atoms with Gasteiger partial charge in [0.2, 0.25) is 0 Å². The summed E-state index contributed by atoms with van der Waals surface area (Å²) < 4.78 is 132. The molecule has 16 rings (SSSR count). The molecule has 8 aromatic carbocycles. The second kappa shape index (κ2) is 40.1. The largest absolute Gasteiger partial charge is 0.497 e. The molecule has 0 bridgehead atoms. The van der Waals surface area contributed by atoms with Gasteiger partial charge < -0.3 is 63.7 Å². The Morgan fingerprint density at radius 1 is 0.287 bits per heavy atom. The Bertz CT molecular complexity index is 6380. The van der Waals surface area contributed by atoms with Gasteiger partial charge in [0, 0.05) is 82.2 Å². The lowest BCUT2D eigenvalue weighted by molar-refractivity contribution is -0.134. The first-order chi connectivity index (χ1) is 64.3. The van der Waals surface area contributed by atoms with Crippen molar-refractivity contribution in [1.29, 1.82) is 0 Å². The van der Waals surface area contributed by atoms with Crippen LogP contribution in [0.2, 0.25) is 0 Å². The van der Waals surface area contributed by atoms with E-state index in [0.29, 0.717) is 90.3 Å². The molecule has 38 nitrogen and oxygen atoms in total. The van der Waals surface area contributed by atoms with Gasteiger partial charge in [0.25, 0.3) is 29.6 Å². The van der Waals surface area contributed by atoms with Gasteiger partial charge in [-0.2, -0.15) is 33.7 Å². The highest BCUT2D eigenvalue weighted by atomic mass is 32.2. The third-order valence-corrected chi connectivity index (χ3v) is 23.2. The molecule has 4 aliphatic rings. The molecule has 704 valence electrons. The minimum atomic E-state index is -3.69. The van der Waals surface area contributed by atoms with E-state index in [1.54, 1.807) is 178 Å². The Labute approximate surface area is 783 Å². The minimum Gasteiger partial charge on any atom is -0.497 e. The Morgan fingerprint density at radius 2 is 0.463 bits per heavy atom. The molecule has 4 amide bonds. The van der Waals surface area contributed by atoms with Gasteiger partial charge in [0.05, 0.1) is 76.2 Å². The normalized spacial score (nSPS) is 17.9. The third kappa shape index (κ3) is 21.7. The second-order valence-electron chi connectivity index (χ2n) is 30.6. The summed E-state index contributed by atoms with van der Waals surface area (Å²) in [6.45, 7) is 1.08. The quantitative estimate of drug-likeness (QED) is 0.0353. The number of hydrogen-bond donors (Lipinski definition) is 5. The monoisotopic (exact) mass is 1920 g/mol. The van der Waals surface area contributed by atoms with Crippen LogP contribution in [0.4, 0.5) is 0 Å². The molecule has 9 N–H and O–H groups in total. The number of hydrogen-bond acceptors (Lipinski definition) is 33. The van der Waals surface area contributed by atoms with E-state index in [9.17, 15) is 52.8 Å². The van der Waals surface area contributed by atoms with Crippen LogP contribution in [0.5, 0.6) is 46.0 Å². The number of nitrogens with two attached hydrogens (primary N) is 4. The molecule has 0 spiro atoms. The molecule has 0 fully saturated rings. The Kier molecular flexibility index (Phi) is 29.1. The van der Waals surface area contributed by atoms with Gasteiger partial charge >= 0.3 is 40.5 Å². The molecule has 42 heteroatoms. The fraction of sp³-hybridized carbons (Fsp3) is 0.181. The summed E-state index contributed by atoms with van der Waals surface area (Å²) in [6.07, 6.45) is 10.2. The Hall–Kier alpha value is -16.2. The molecule has 0 radical (unpaired) electrons. The maximum Gasteiger partial charge on any atom is 0.306 e. The molecule has 0 aliphatic carbocycles. The zero-order valence-corrected chi connectivity index (χ0v) is 78.5. The lowest BCUT2D eigenvalue weighted by atomic mass is 9.82. The summed E-state index contributed by atoms with van der Waals surface area (Å²) in [6, 6.07) is 68.1. The lowest BCUT2D eigenvalue weighted by Gasteiger charge is -2.26. The van der Waals surface area contributed by atoms with Crippen LogP contribution in [0.1, 0.15) is 51.4 Å². The van der Waals surface area contributed by atoms with E-state index in [2.05, 4.69) is 39.9 Å². The van der Waals surface area contributed by atoms with Crippen molar-refractivity contribution in [3.05, 3.63) is 312 Å². The number of likely N-dealkylation sites (N-methyl/N-ethyl adjacent to an activating group) is 4. The number of aliphatic carboxylic acids is 1. The number of benzene rings is 8. The van der Waals surface area contributed by atoms with Gasteiger partial charge in [-0.05, 0) is 190 Å². The van der Waals surface area contributed by atoms with Crippen molar-refractivity contribution in [2.45, 2.75) is 29.1 Å². The molecule has 4 unspecified atom stereocenters. The number of nitrogens with zero attached hydrogens (tertiary/aromatic N) is 12. The number of aliphatic imine (C=N–C) groups is 4. The number of aromatic nitrogens is 4. The van der Waals surface area contributed by atoms with Gasteiger partial charge in [0.1, 0.15) is 46.0 Å². The predicted molar refractivity (Wildman–Crippen MR) is 507 cm³/mol. The number of pyridine rings is 4. The van der Waals surface area contributed by atoms with Crippen molar-refractivity contribution in [2.75, 3.05) is 81.7 Å². The maximum atomic E-state index is 13.5. The van der Waals surface area contributed by atoms with E-state index < -0.39 is 68.6 Å². The fourth-order valence-corrected chi connectivity index (χ4v) is 16.7. The van der Waals surface area contributed by atoms with E-state index in [0.717, 1.165) is 54.2 Å². The van der Waals surface area contributed by atoms with Crippen LogP contribution in [-0.2, 0) is 86.6 Å². The number of carboxylic acids is 1. The smallest absolute Gasteiger partial charge is 0.306 e. The van der Waals surface area contributed by atoms with Crippen LogP contribution in [0, 0.1) is 0 Å². The molecule has 136 heavy (non-hydrogen) atoms. The highest BCUT2D eigenvalue weighted by Gasteiger charge is 2.54. The van der Waals surface area contributed by atoms with Crippen LogP contribution in [0.25, 0.3) is 45.0 Å². The predicted octanol–water partition coefficient (Wildman–Crippen LogP) is 8.59. The SMILES string of the molecule is CC(=O)O.COc1cccc(-c2cc(C3(c4ccc(OS(C)(=O)=O)cc4)N=C(N)N(C)C3=O)ccn2)c1.COc1cccc(-c2cc(C3(c4ccc(OS(C)(=O)=O)cc4)N=C(N)N(C)C3=O)ccn2)c1.COc1cccc(-c2cc(C3(c4ccc(OS(C)(=O)=O)cc4)N=C(N)N(C)C3=O)ccn2)c1.COc1cccc(-c2cc(C3(c4ccc(OS(C)(=O)=O)cc4)N=C(N)N(C)C3=O)ccn2)c1. The molecule has 8 heterocycles. The van der Waals surface area contributed by atoms with Crippen LogP contribution in [0.15, 0.2) is 287 Å². The van der Waals surface area contributed by atoms with Crippen molar-refractivity contribution >= 4 is 93.9 Å². The van der Waals surface area contributed by atoms with Crippen molar-refractivity contribution in [1.82, 2.24) is 39.5 Å².